The van der Waals surface area contributed by atoms with Crippen molar-refractivity contribution < 1.29 is 4.92 Å². The van der Waals surface area contributed by atoms with E-state index < -0.39 is 0 Å². The molecule has 0 radical (unpaired) electrons. The fraction of sp³-hybridized carbons (Fsp3) is 0.200. The fourth-order valence-corrected chi connectivity index (χ4v) is 1.25. The van der Waals surface area contributed by atoms with E-state index in [0.717, 1.165) is 0 Å². The third-order valence-corrected chi connectivity index (χ3v) is 2.17. The summed E-state index contributed by atoms with van der Waals surface area (Å²) >= 11 is 5.86. The van der Waals surface area contributed by atoms with E-state index >= 15 is 0 Å². The van der Waals surface area contributed by atoms with Crippen LogP contribution in [0.15, 0.2) is 30.0 Å². The topological polar surface area (TPSA) is 43.1 Å². The summed E-state index contributed by atoms with van der Waals surface area (Å²) in [6, 6.07) is 7.05. The smallest absolute Gasteiger partial charge is 0.246 e. The molecular formula is C10H10ClNO2. The standard InChI is InChI=1S/C10H10ClNO2/c1-2-9(12(13)14)7-8-5-3-4-6-10(8)11/h3-7H,2H2,1H3. The molecule has 0 heterocycles. The quantitative estimate of drug-likeness (QED) is 0.568. The van der Waals surface area contributed by atoms with Crippen LogP contribution < -0.4 is 0 Å². The summed E-state index contributed by atoms with van der Waals surface area (Å²) in [5, 5.41) is 11.1. The van der Waals surface area contributed by atoms with Crippen LogP contribution in [0, 0.1) is 10.1 Å². The Hall–Kier alpha value is -1.35. The Morgan fingerprint density at radius 2 is 2.21 bits per heavy atom. The summed E-state index contributed by atoms with van der Waals surface area (Å²) in [5.41, 5.74) is 0.848. The molecule has 0 N–H and O–H groups in total. The Kier molecular flexibility index (Phi) is 3.65. The average molecular weight is 212 g/mol. The maximum absolute atomic E-state index is 10.5. The summed E-state index contributed by atoms with van der Waals surface area (Å²) in [4.78, 5) is 10.2. The molecule has 14 heavy (non-hydrogen) atoms. The third-order valence-electron chi connectivity index (χ3n) is 1.82. The van der Waals surface area contributed by atoms with Gasteiger partial charge in [-0.3, -0.25) is 10.1 Å². The van der Waals surface area contributed by atoms with Crippen molar-refractivity contribution in [3.05, 3.63) is 50.7 Å². The van der Waals surface area contributed by atoms with Gasteiger partial charge in [0.05, 0.1) is 4.92 Å². The summed E-state index contributed by atoms with van der Waals surface area (Å²) < 4.78 is 0. The summed E-state index contributed by atoms with van der Waals surface area (Å²) in [6.07, 6.45) is 1.89. The molecule has 1 aromatic rings. The number of benzene rings is 1. The number of hydrogen-bond donors (Lipinski definition) is 0. The normalized spacial score (nSPS) is 11.4. The maximum Gasteiger partial charge on any atom is 0.246 e. The lowest BCUT2D eigenvalue weighted by molar-refractivity contribution is -0.425. The van der Waals surface area contributed by atoms with E-state index in [-0.39, 0.29) is 10.6 Å². The molecular weight excluding hydrogens is 202 g/mol. The largest absolute Gasteiger partial charge is 0.259 e. The van der Waals surface area contributed by atoms with Crippen molar-refractivity contribution in [3.8, 4) is 0 Å². The van der Waals surface area contributed by atoms with Gasteiger partial charge in [0, 0.05) is 17.5 Å². The average Bonchev–Trinajstić information content (AvgIpc) is 2.16. The lowest BCUT2D eigenvalue weighted by atomic mass is 10.2. The summed E-state index contributed by atoms with van der Waals surface area (Å²) in [7, 11) is 0. The SMILES string of the molecule is CCC(=Cc1ccccc1Cl)[N+](=O)[O-]. The predicted molar refractivity (Wildman–Crippen MR) is 56.7 cm³/mol. The summed E-state index contributed by atoms with van der Waals surface area (Å²) in [6.45, 7) is 1.74. The fourth-order valence-electron chi connectivity index (χ4n) is 1.06. The van der Waals surface area contributed by atoms with E-state index in [1.807, 2.05) is 0 Å². The lowest BCUT2D eigenvalue weighted by Gasteiger charge is -1.97. The van der Waals surface area contributed by atoms with Crippen LogP contribution in [0.5, 0.6) is 0 Å². The van der Waals surface area contributed by atoms with Gasteiger partial charge >= 0.3 is 0 Å². The van der Waals surface area contributed by atoms with Gasteiger partial charge in [-0.1, -0.05) is 36.7 Å². The van der Waals surface area contributed by atoms with Crippen LogP contribution in [0.25, 0.3) is 6.08 Å². The van der Waals surface area contributed by atoms with E-state index in [0.29, 0.717) is 17.0 Å². The van der Waals surface area contributed by atoms with Crippen LogP contribution in [0.1, 0.15) is 18.9 Å². The van der Waals surface area contributed by atoms with E-state index in [4.69, 9.17) is 11.6 Å². The molecule has 0 amide bonds. The second-order valence-electron chi connectivity index (χ2n) is 2.77. The highest BCUT2D eigenvalue weighted by molar-refractivity contribution is 6.32. The first kappa shape index (κ1) is 10.7. The zero-order valence-corrected chi connectivity index (χ0v) is 8.49. The summed E-state index contributed by atoms with van der Waals surface area (Å²) in [5.74, 6) is 0. The molecule has 0 unspecified atom stereocenters. The molecule has 0 aliphatic rings. The minimum atomic E-state index is -0.386. The van der Waals surface area contributed by atoms with Crippen LogP contribution in [-0.2, 0) is 0 Å². The zero-order chi connectivity index (χ0) is 10.6. The van der Waals surface area contributed by atoms with Crippen LogP contribution in [0.2, 0.25) is 5.02 Å². The highest BCUT2D eigenvalue weighted by atomic mass is 35.5. The van der Waals surface area contributed by atoms with Crippen molar-refractivity contribution in [2.75, 3.05) is 0 Å². The van der Waals surface area contributed by atoms with Gasteiger partial charge in [0.15, 0.2) is 0 Å². The van der Waals surface area contributed by atoms with E-state index in [1.54, 1.807) is 31.2 Å². The second kappa shape index (κ2) is 4.77. The molecule has 0 atom stereocenters. The molecule has 0 aliphatic carbocycles. The van der Waals surface area contributed by atoms with Crippen molar-refractivity contribution in [3.63, 3.8) is 0 Å². The van der Waals surface area contributed by atoms with Crippen molar-refractivity contribution in [1.82, 2.24) is 0 Å². The van der Waals surface area contributed by atoms with Crippen molar-refractivity contribution in [1.29, 1.82) is 0 Å². The van der Waals surface area contributed by atoms with Crippen molar-refractivity contribution >= 4 is 17.7 Å². The minimum absolute atomic E-state index is 0.165. The van der Waals surface area contributed by atoms with Gasteiger partial charge in [-0.15, -0.1) is 0 Å². The monoisotopic (exact) mass is 211 g/mol. The highest BCUT2D eigenvalue weighted by Crippen LogP contribution is 2.19. The van der Waals surface area contributed by atoms with Gasteiger partial charge in [0.1, 0.15) is 0 Å². The number of halogens is 1. The Morgan fingerprint density at radius 3 is 2.71 bits per heavy atom. The first-order valence-corrected chi connectivity index (χ1v) is 4.62. The highest BCUT2D eigenvalue weighted by Gasteiger charge is 2.07. The van der Waals surface area contributed by atoms with Crippen molar-refractivity contribution in [2.45, 2.75) is 13.3 Å². The van der Waals surface area contributed by atoms with Crippen LogP contribution in [-0.4, -0.2) is 4.92 Å². The molecule has 0 saturated carbocycles. The molecule has 0 bridgehead atoms. The molecule has 0 aliphatic heterocycles. The molecule has 0 saturated heterocycles. The molecule has 0 fully saturated rings. The number of allylic oxidation sites excluding steroid dienone is 1. The van der Waals surface area contributed by atoms with E-state index in [9.17, 15) is 10.1 Å². The number of nitrogens with zero attached hydrogens (tertiary/aromatic N) is 1. The van der Waals surface area contributed by atoms with Crippen LogP contribution >= 0.6 is 11.6 Å². The number of hydrogen-bond acceptors (Lipinski definition) is 2. The van der Waals surface area contributed by atoms with Crippen molar-refractivity contribution in [2.24, 2.45) is 0 Å². The van der Waals surface area contributed by atoms with Gasteiger partial charge < -0.3 is 0 Å². The Bertz CT molecular complexity index is 374. The molecule has 0 aromatic heterocycles. The Labute approximate surface area is 87.2 Å². The Balaban J connectivity index is 3.07. The van der Waals surface area contributed by atoms with Gasteiger partial charge in [0.2, 0.25) is 5.70 Å². The molecule has 4 heteroatoms. The van der Waals surface area contributed by atoms with Crippen LogP contribution in [0.4, 0.5) is 0 Å². The Morgan fingerprint density at radius 1 is 1.57 bits per heavy atom. The number of nitro groups is 1. The third kappa shape index (κ3) is 2.57. The molecule has 1 aromatic carbocycles. The van der Waals surface area contributed by atoms with E-state index in [1.165, 1.54) is 6.08 Å². The van der Waals surface area contributed by atoms with E-state index in [2.05, 4.69) is 0 Å². The second-order valence-corrected chi connectivity index (χ2v) is 3.18. The minimum Gasteiger partial charge on any atom is -0.259 e. The van der Waals surface area contributed by atoms with Gasteiger partial charge in [-0.2, -0.15) is 0 Å². The van der Waals surface area contributed by atoms with Gasteiger partial charge in [0.25, 0.3) is 0 Å². The molecule has 3 nitrogen and oxygen atoms in total. The first-order chi connectivity index (χ1) is 6.65. The molecule has 0 spiro atoms. The molecule has 1 rings (SSSR count). The zero-order valence-electron chi connectivity index (χ0n) is 7.74. The number of rotatable bonds is 3. The van der Waals surface area contributed by atoms with Gasteiger partial charge in [-0.25, -0.2) is 0 Å². The van der Waals surface area contributed by atoms with Gasteiger partial charge in [-0.05, 0) is 11.6 Å². The predicted octanol–water partition coefficient (Wildman–Crippen LogP) is 3.37. The van der Waals surface area contributed by atoms with Crippen LogP contribution in [0.3, 0.4) is 0 Å². The lowest BCUT2D eigenvalue weighted by Crippen LogP contribution is -1.96. The maximum atomic E-state index is 10.5. The molecule has 74 valence electrons. The first-order valence-electron chi connectivity index (χ1n) is 4.24.